The molecule has 0 radical (unpaired) electrons. The normalized spacial score (nSPS) is 11.0. The van der Waals surface area contributed by atoms with Crippen molar-refractivity contribution in [3.63, 3.8) is 0 Å². The van der Waals surface area contributed by atoms with Crippen molar-refractivity contribution in [1.82, 2.24) is 0 Å². The van der Waals surface area contributed by atoms with Crippen LogP contribution < -0.4 is 14.8 Å². The highest BCUT2D eigenvalue weighted by Crippen LogP contribution is 2.29. The van der Waals surface area contributed by atoms with E-state index in [-0.39, 0.29) is 23.8 Å². The minimum Gasteiger partial charge on any atom is -0.494 e. The van der Waals surface area contributed by atoms with Crippen LogP contribution in [0.25, 0.3) is 0 Å². The fourth-order valence-electron chi connectivity index (χ4n) is 2.10. The van der Waals surface area contributed by atoms with Crippen LogP contribution in [0.5, 0.6) is 5.75 Å². The predicted molar refractivity (Wildman–Crippen MR) is 100 cm³/mol. The van der Waals surface area contributed by atoms with Crippen LogP contribution in [0.15, 0.2) is 36.4 Å². The third-order valence-electron chi connectivity index (χ3n) is 3.15. The number of hydrogen-bond donors (Lipinski definition) is 2. The van der Waals surface area contributed by atoms with Crippen molar-refractivity contribution in [2.24, 2.45) is 0 Å². The molecule has 134 valence electrons. The van der Waals surface area contributed by atoms with Gasteiger partial charge in [0.1, 0.15) is 5.75 Å². The van der Waals surface area contributed by atoms with E-state index in [1.807, 2.05) is 0 Å². The summed E-state index contributed by atoms with van der Waals surface area (Å²) in [5, 5.41) is 3.61. The van der Waals surface area contributed by atoms with E-state index in [2.05, 4.69) is 10.0 Å². The van der Waals surface area contributed by atoms with E-state index in [0.29, 0.717) is 21.3 Å². The lowest BCUT2D eigenvalue weighted by molar-refractivity contribution is -0.115. The Kier molecular flexibility index (Phi) is 6.16. The summed E-state index contributed by atoms with van der Waals surface area (Å²) >= 11 is 11.9. The summed E-state index contributed by atoms with van der Waals surface area (Å²) in [6.07, 6.45) is 1.11. The second-order valence-electron chi connectivity index (χ2n) is 5.25. The quantitative estimate of drug-likeness (QED) is 0.773. The van der Waals surface area contributed by atoms with E-state index in [4.69, 9.17) is 27.9 Å². The summed E-state index contributed by atoms with van der Waals surface area (Å²) in [6, 6.07) is 9.51. The fourth-order valence-corrected chi connectivity index (χ4v) is 3.14. The Morgan fingerprint density at radius 3 is 2.48 bits per heavy atom. The summed E-state index contributed by atoms with van der Waals surface area (Å²) in [5.41, 5.74) is 1.39. The van der Waals surface area contributed by atoms with Gasteiger partial charge in [-0.1, -0.05) is 29.3 Å². The van der Waals surface area contributed by atoms with Gasteiger partial charge in [0, 0.05) is 21.8 Å². The number of ether oxygens (including phenoxy) is 1. The molecule has 6 nitrogen and oxygen atoms in total. The van der Waals surface area contributed by atoms with Crippen LogP contribution in [0.3, 0.4) is 0 Å². The molecule has 0 aliphatic heterocycles. The first-order valence-electron chi connectivity index (χ1n) is 7.07. The molecule has 2 rings (SSSR count). The molecule has 2 aromatic carbocycles. The molecular formula is C16H16Cl2N2O4S. The SMILES string of the molecule is COc1cc(NC(=O)Cc2ccc(Cl)cc2Cl)ccc1NS(C)(=O)=O. The standard InChI is InChI=1S/C16H16Cl2N2O4S/c1-24-15-9-12(5-6-14(15)20-25(2,22)23)19-16(21)7-10-3-4-11(17)8-13(10)18/h3-6,8-9,20H,7H2,1-2H3,(H,19,21). The van der Waals surface area contributed by atoms with Gasteiger partial charge in [-0.2, -0.15) is 0 Å². The van der Waals surface area contributed by atoms with Gasteiger partial charge in [-0.15, -0.1) is 0 Å². The molecule has 2 N–H and O–H groups in total. The van der Waals surface area contributed by atoms with Gasteiger partial charge in [-0.05, 0) is 29.8 Å². The van der Waals surface area contributed by atoms with Gasteiger partial charge < -0.3 is 10.1 Å². The number of anilines is 2. The first-order valence-corrected chi connectivity index (χ1v) is 9.72. The monoisotopic (exact) mass is 402 g/mol. The minimum absolute atomic E-state index is 0.0711. The zero-order valence-electron chi connectivity index (χ0n) is 13.5. The van der Waals surface area contributed by atoms with Crippen LogP contribution in [0.4, 0.5) is 11.4 Å². The van der Waals surface area contributed by atoms with E-state index in [9.17, 15) is 13.2 Å². The molecule has 0 aliphatic rings. The Morgan fingerprint density at radius 2 is 1.88 bits per heavy atom. The van der Waals surface area contributed by atoms with Crippen molar-refractivity contribution < 1.29 is 17.9 Å². The molecule has 0 heterocycles. The maximum atomic E-state index is 12.2. The second kappa shape index (κ2) is 7.95. The van der Waals surface area contributed by atoms with E-state index < -0.39 is 10.0 Å². The number of halogens is 2. The van der Waals surface area contributed by atoms with Crippen LogP contribution in [0, 0.1) is 0 Å². The molecule has 2 aromatic rings. The van der Waals surface area contributed by atoms with Crippen molar-refractivity contribution in [3.8, 4) is 5.75 Å². The van der Waals surface area contributed by atoms with Crippen LogP contribution in [-0.4, -0.2) is 27.7 Å². The highest BCUT2D eigenvalue weighted by molar-refractivity contribution is 7.92. The van der Waals surface area contributed by atoms with Gasteiger partial charge in [0.05, 0.1) is 25.5 Å². The maximum Gasteiger partial charge on any atom is 0.229 e. The van der Waals surface area contributed by atoms with E-state index >= 15 is 0 Å². The molecule has 1 amide bonds. The molecule has 0 saturated carbocycles. The molecule has 25 heavy (non-hydrogen) atoms. The molecule has 0 aliphatic carbocycles. The Morgan fingerprint density at radius 1 is 1.16 bits per heavy atom. The molecule has 0 unspecified atom stereocenters. The maximum absolute atomic E-state index is 12.2. The average Bonchev–Trinajstić information content (AvgIpc) is 2.50. The predicted octanol–water partition coefficient (Wildman–Crippen LogP) is 3.55. The number of carbonyl (C=O) groups excluding carboxylic acids is 1. The zero-order valence-corrected chi connectivity index (χ0v) is 15.8. The van der Waals surface area contributed by atoms with Gasteiger partial charge in [0.25, 0.3) is 0 Å². The molecule has 0 atom stereocenters. The van der Waals surface area contributed by atoms with E-state index in [0.717, 1.165) is 6.26 Å². The lowest BCUT2D eigenvalue weighted by atomic mass is 10.1. The first kappa shape index (κ1) is 19.4. The summed E-state index contributed by atoms with van der Waals surface area (Å²) in [7, 11) is -2.03. The van der Waals surface area contributed by atoms with Gasteiger partial charge >= 0.3 is 0 Å². The van der Waals surface area contributed by atoms with Crippen molar-refractivity contribution in [2.45, 2.75) is 6.42 Å². The van der Waals surface area contributed by atoms with Crippen LogP contribution in [0.1, 0.15) is 5.56 Å². The van der Waals surface area contributed by atoms with Crippen molar-refractivity contribution >= 4 is 50.5 Å². The summed E-state index contributed by atoms with van der Waals surface area (Å²) < 4.78 is 30.2. The van der Waals surface area contributed by atoms with Gasteiger partial charge in [-0.25, -0.2) is 8.42 Å². The third-order valence-corrected chi connectivity index (χ3v) is 4.32. The lowest BCUT2D eigenvalue weighted by Crippen LogP contribution is -2.15. The largest absolute Gasteiger partial charge is 0.494 e. The van der Waals surface area contributed by atoms with E-state index in [1.54, 1.807) is 24.3 Å². The highest BCUT2D eigenvalue weighted by atomic mass is 35.5. The smallest absolute Gasteiger partial charge is 0.229 e. The molecule has 0 saturated heterocycles. The van der Waals surface area contributed by atoms with Crippen molar-refractivity contribution in [1.29, 1.82) is 0 Å². The fraction of sp³-hybridized carbons (Fsp3) is 0.188. The van der Waals surface area contributed by atoms with Crippen molar-refractivity contribution in [2.75, 3.05) is 23.4 Å². The number of rotatable bonds is 6. The molecule has 0 bridgehead atoms. The van der Waals surface area contributed by atoms with E-state index in [1.165, 1.54) is 19.2 Å². The van der Waals surface area contributed by atoms with Crippen molar-refractivity contribution in [3.05, 3.63) is 52.0 Å². The summed E-state index contributed by atoms with van der Waals surface area (Å²) in [6.45, 7) is 0. The number of amides is 1. The number of benzene rings is 2. The Hall–Kier alpha value is -1.96. The highest BCUT2D eigenvalue weighted by Gasteiger charge is 2.12. The van der Waals surface area contributed by atoms with Gasteiger partial charge in [-0.3, -0.25) is 9.52 Å². The number of carbonyl (C=O) groups is 1. The zero-order chi connectivity index (χ0) is 18.6. The Bertz CT molecular complexity index is 901. The molecule has 0 fully saturated rings. The van der Waals surface area contributed by atoms with Crippen LogP contribution in [-0.2, 0) is 21.2 Å². The summed E-state index contributed by atoms with van der Waals surface area (Å²) in [5.74, 6) is 0.00264. The molecular weight excluding hydrogens is 387 g/mol. The minimum atomic E-state index is -3.44. The molecule has 0 aromatic heterocycles. The number of methoxy groups -OCH3 is 1. The van der Waals surface area contributed by atoms with Gasteiger partial charge in [0.15, 0.2) is 0 Å². The number of hydrogen-bond acceptors (Lipinski definition) is 4. The Labute approximate surface area is 156 Å². The lowest BCUT2D eigenvalue weighted by Gasteiger charge is -2.12. The Balaban J connectivity index is 2.12. The number of sulfonamides is 1. The molecule has 9 heteroatoms. The second-order valence-corrected chi connectivity index (χ2v) is 7.84. The van der Waals surface area contributed by atoms with Crippen LogP contribution in [0.2, 0.25) is 10.0 Å². The van der Waals surface area contributed by atoms with Gasteiger partial charge in [0.2, 0.25) is 15.9 Å². The molecule has 0 spiro atoms. The summed E-state index contributed by atoms with van der Waals surface area (Å²) in [4.78, 5) is 12.2. The topological polar surface area (TPSA) is 84.5 Å². The van der Waals surface area contributed by atoms with Crippen LogP contribution >= 0.6 is 23.2 Å². The first-order chi connectivity index (χ1) is 11.7. The average molecular weight is 403 g/mol. The third kappa shape index (κ3) is 5.81. The number of nitrogens with one attached hydrogen (secondary N) is 2.